The number of unbranched alkanes of at least 4 members (excludes halogenated alkanes) is 6. The summed E-state index contributed by atoms with van der Waals surface area (Å²) in [6, 6.07) is -1.13. The van der Waals surface area contributed by atoms with E-state index in [-0.39, 0.29) is 42.4 Å². The molecule has 126 valence electrons. The van der Waals surface area contributed by atoms with Gasteiger partial charge in [-0.2, -0.15) is 0 Å². The fourth-order valence-corrected chi connectivity index (χ4v) is 1.82. The van der Waals surface area contributed by atoms with Crippen LogP contribution in [-0.4, -0.2) is 23.9 Å². The monoisotopic (exact) mass is 335 g/mol. The molecular weight excluding hydrogens is 309 g/mol. The minimum atomic E-state index is -1.30. The topological polar surface area (TPSA) is 110 Å². The summed E-state index contributed by atoms with van der Waals surface area (Å²) in [6.07, 6.45) is 10.2. The van der Waals surface area contributed by atoms with Crippen LogP contribution < -0.4 is 40.4 Å². The van der Waals surface area contributed by atoms with E-state index in [1.165, 1.54) is 31.8 Å². The number of ether oxygens (including phenoxy) is 1. The molecule has 0 aliphatic carbocycles. The van der Waals surface area contributed by atoms with E-state index >= 15 is 0 Å². The van der Waals surface area contributed by atoms with Crippen LogP contribution in [0.15, 0.2) is 12.2 Å². The van der Waals surface area contributed by atoms with Gasteiger partial charge in [0.05, 0.1) is 0 Å². The van der Waals surface area contributed by atoms with Gasteiger partial charge in [0.25, 0.3) is 0 Å². The molecule has 7 heteroatoms. The van der Waals surface area contributed by atoms with E-state index in [0.29, 0.717) is 0 Å². The Hall–Kier alpha value is -0.690. The predicted octanol–water partition coefficient (Wildman–Crippen LogP) is -1.78. The van der Waals surface area contributed by atoms with Gasteiger partial charge in [-0.25, -0.2) is 9.59 Å². The van der Waals surface area contributed by atoms with Crippen molar-refractivity contribution in [2.75, 3.05) is 0 Å². The molecule has 0 aliphatic heterocycles. The number of allylic oxidation sites excluding steroid dienone is 1. The van der Waals surface area contributed by atoms with E-state index in [2.05, 4.69) is 11.7 Å². The van der Waals surface area contributed by atoms with Crippen LogP contribution in [-0.2, 0) is 19.1 Å². The Kier molecular flexibility index (Phi) is 17.3. The van der Waals surface area contributed by atoms with Gasteiger partial charge < -0.3 is 20.4 Å². The molecule has 0 aliphatic rings. The molecule has 2 N–H and O–H groups in total. The second-order valence-electron chi connectivity index (χ2n) is 5.22. The molecule has 0 saturated heterocycles. The zero-order valence-corrected chi connectivity index (χ0v) is 16.2. The van der Waals surface area contributed by atoms with Gasteiger partial charge in [0.1, 0.15) is 6.04 Å². The molecule has 0 radical (unpaired) electrons. The molecule has 1 unspecified atom stereocenters. The Labute approximate surface area is 160 Å². The predicted molar refractivity (Wildman–Crippen MR) is 80.4 cm³/mol. The quantitative estimate of drug-likeness (QED) is 0.149. The first-order chi connectivity index (χ1) is 10.5. The van der Waals surface area contributed by atoms with E-state index in [0.717, 1.165) is 19.3 Å². The normalized spacial score (nSPS) is 11.7. The van der Waals surface area contributed by atoms with E-state index in [4.69, 9.17) is 5.73 Å². The van der Waals surface area contributed by atoms with Crippen LogP contribution in [0.3, 0.4) is 0 Å². The largest absolute Gasteiger partial charge is 1.00 e. The molecule has 0 aromatic rings. The van der Waals surface area contributed by atoms with Crippen molar-refractivity contribution in [1.29, 1.82) is 0 Å². The van der Waals surface area contributed by atoms with Crippen LogP contribution in [0.2, 0.25) is 0 Å². The molecule has 6 nitrogen and oxygen atoms in total. The molecule has 0 saturated carbocycles. The zero-order chi connectivity index (χ0) is 16.8. The van der Waals surface area contributed by atoms with Gasteiger partial charge in [-0.15, -0.1) is 0 Å². The van der Waals surface area contributed by atoms with Crippen LogP contribution in [0.4, 0.5) is 0 Å². The molecular formula is C16H26NNaO5. The summed E-state index contributed by atoms with van der Waals surface area (Å²) in [6.45, 7) is 2.17. The van der Waals surface area contributed by atoms with Gasteiger partial charge >= 0.3 is 41.5 Å². The maximum Gasteiger partial charge on any atom is 1.00 e. The molecule has 0 rings (SSSR count). The summed E-state index contributed by atoms with van der Waals surface area (Å²) < 4.78 is 4.50. The molecule has 0 fully saturated rings. The number of aliphatic carboxylic acids is 1. The van der Waals surface area contributed by atoms with Crippen molar-refractivity contribution in [3.63, 3.8) is 0 Å². The van der Waals surface area contributed by atoms with Gasteiger partial charge in [0.2, 0.25) is 0 Å². The number of carboxylic acids is 1. The molecule has 0 heterocycles. The summed E-state index contributed by atoms with van der Waals surface area (Å²) in [7, 11) is 0. The average molecular weight is 335 g/mol. The molecule has 0 aromatic heterocycles. The summed E-state index contributed by atoms with van der Waals surface area (Å²) in [5.41, 5.74) is 5.41. The Balaban J connectivity index is 0. The molecule has 1 atom stereocenters. The van der Waals surface area contributed by atoms with E-state index < -0.39 is 23.9 Å². The smallest absolute Gasteiger partial charge is 0.550 e. The Morgan fingerprint density at radius 1 is 1.13 bits per heavy atom. The minimum Gasteiger partial charge on any atom is -0.550 e. The number of carbonyl (C=O) groups excluding carboxylic acids is 3. The summed E-state index contributed by atoms with van der Waals surface area (Å²) >= 11 is 0. The third-order valence-electron chi connectivity index (χ3n) is 3.14. The van der Waals surface area contributed by atoms with Crippen LogP contribution in [0.1, 0.15) is 64.7 Å². The van der Waals surface area contributed by atoms with Crippen molar-refractivity contribution in [2.24, 2.45) is 5.73 Å². The van der Waals surface area contributed by atoms with Crippen molar-refractivity contribution in [3.05, 3.63) is 12.2 Å². The summed E-state index contributed by atoms with van der Waals surface area (Å²) in [5, 5.41) is 10.2. The third kappa shape index (κ3) is 16.0. The number of esters is 2. The van der Waals surface area contributed by atoms with E-state index in [1.54, 1.807) is 6.08 Å². The second-order valence-corrected chi connectivity index (χ2v) is 5.22. The van der Waals surface area contributed by atoms with Gasteiger partial charge in [0.15, 0.2) is 0 Å². The third-order valence-corrected chi connectivity index (χ3v) is 3.14. The number of carbonyl (C=O) groups is 3. The van der Waals surface area contributed by atoms with Gasteiger partial charge in [0, 0.05) is 12.0 Å². The Morgan fingerprint density at radius 2 is 1.74 bits per heavy atom. The van der Waals surface area contributed by atoms with Gasteiger partial charge in [-0.1, -0.05) is 45.1 Å². The van der Waals surface area contributed by atoms with E-state index in [1.807, 2.05) is 0 Å². The summed E-state index contributed by atoms with van der Waals surface area (Å²) in [5.74, 6) is -3.00. The standard InChI is InChI=1S/C16H27NO5.Na/c1-2-3-4-5-6-7-8-9-10-15(20)22-16(21)13(17)11-12-14(18)19;/h9-10,13H,2-8,11-12,17H2,1H3,(H,18,19);/q;+1/p-1. The SMILES string of the molecule is CCCCCCCCC=CC(=O)OC(=O)C(N)CCC(=O)[O-].[Na+]. The number of carboxylic acid groups (broad SMARTS) is 1. The van der Waals surface area contributed by atoms with Gasteiger partial charge in [-0.3, -0.25) is 0 Å². The van der Waals surface area contributed by atoms with Crippen LogP contribution in [0.5, 0.6) is 0 Å². The van der Waals surface area contributed by atoms with Crippen LogP contribution in [0.25, 0.3) is 0 Å². The summed E-state index contributed by atoms with van der Waals surface area (Å²) in [4.78, 5) is 33.0. The second kappa shape index (κ2) is 16.2. The first-order valence-electron chi connectivity index (χ1n) is 7.85. The van der Waals surface area contributed by atoms with Crippen molar-refractivity contribution >= 4 is 17.9 Å². The minimum absolute atomic E-state index is 0. The fraction of sp³-hybridized carbons (Fsp3) is 0.688. The zero-order valence-electron chi connectivity index (χ0n) is 14.2. The molecule has 0 spiro atoms. The van der Waals surface area contributed by atoms with E-state index in [9.17, 15) is 19.5 Å². The number of hydrogen-bond donors (Lipinski definition) is 1. The molecule has 23 heavy (non-hydrogen) atoms. The molecule has 0 aromatic carbocycles. The van der Waals surface area contributed by atoms with Crippen molar-refractivity contribution in [3.8, 4) is 0 Å². The van der Waals surface area contributed by atoms with Crippen LogP contribution >= 0.6 is 0 Å². The fourth-order valence-electron chi connectivity index (χ4n) is 1.82. The number of nitrogens with two attached hydrogens (primary N) is 1. The van der Waals surface area contributed by atoms with Crippen molar-refractivity contribution < 1.29 is 53.8 Å². The number of hydrogen-bond acceptors (Lipinski definition) is 6. The van der Waals surface area contributed by atoms with Crippen molar-refractivity contribution in [2.45, 2.75) is 70.8 Å². The Morgan fingerprint density at radius 3 is 2.35 bits per heavy atom. The van der Waals surface area contributed by atoms with Crippen LogP contribution in [0, 0.1) is 0 Å². The first kappa shape index (κ1) is 24.6. The first-order valence-corrected chi connectivity index (χ1v) is 7.85. The maximum atomic E-state index is 11.4. The van der Waals surface area contributed by atoms with Crippen molar-refractivity contribution in [1.82, 2.24) is 0 Å². The average Bonchev–Trinajstić information content (AvgIpc) is 2.47. The Bertz CT molecular complexity index is 385. The molecule has 0 bridgehead atoms. The maximum absolute atomic E-state index is 11.4. The molecule has 0 amide bonds. The number of rotatable bonds is 12. The van der Waals surface area contributed by atoms with Gasteiger partial charge in [-0.05, 0) is 25.7 Å².